The van der Waals surface area contributed by atoms with Gasteiger partial charge in [-0.2, -0.15) is 0 Å². The van der Waals surface area contributed by atoms with Crippen LogP contribution >= 0.6 is 0 Å². The molecule has 0 aliphatic carbocycles. The van der Waals surface area contributed by atoms with Gasteiger partial charge >= 0.3 is 0 Å². The molecule has 0 aliphatic heterocycles. The summed E-state index contributed by atoms with van der Waals surface area (Å²) in [7, 11) is 1.45. The lowest BCUT2D eigenvalue weighted by molar-refractivity contribution is -0.137. The van der Waals surface area contributed by atoms with E-state index in [4.69, 9.17) is 0 Å². The quantitative estimate of drug-likeness (QED) is 0.716. The summed E-state index contributed by atoms with van der Waals surface area (Å²) >= 11 is 0. The van der Waals surface area contributed by atoms with Crippen LogP contribution in [0.3, 0.4) is 0 Å². The van der Waals surface area contributed by atoms with Gasteiger partial charge < -0.3 is 5.32 Å². The van der Waals surface area contributed by atoms with E-state index in [0.717, 1.165) is 6.42 Å². The fourth-order valence-corrected chi connectivity index (χ4v) is 0.480. The monoisotopic (exact) mass is 203 g/mol. The Morgan fingerprint density at radius 3 is 1.64 bits per heavy atom. The molecular formula is C11H25NO2. The molecule has 86 valence electrons. The lowest BCUT2D eigenvalue weighted by Crippen LogP contribution is -2.26. The number of ketones is 1. The van der Waals surface area contributed by atoms with Crippen molar-refractivity contribution in [3.05, 3.63) is 0 Å². The molecule has 1 N–H and O–H groups in total. The molecule has 0 atom stereocenters. The summed E-state index contributed by atoms with van der Waals surface area (Å²) in [4.78, 5) is 21.0. The molecule has 0 aromatic heterocycles. The van der Waals surface area contributed by atoms with E-state index in [0.29, 0.717) is 6.42 Å². The van der Waals surface area contributed by atoms with Crippen LogP contribution in [0.2, 0.25) is 0 Å². The van der Waals surface area contributed by atoms with Crippen molar-refractivity contribution in [2.75, 3.05) is 7.05 Å². The molecule has 0 unspecified atom stereocenters. The minimum Gasteiger partial charge on any atom is -0.353 e. The van der Waals surface area contributed by atoms with Crippen LogP contribution in [-0.4, -0.2) is 18.7 Å². The van der Waals surface area contributed by atoms with Gasteiger partial charge in [0.05, 0.1) is 0 Å². The molecule has 0 saturated carbocycles. The van der Waals surface area contributed by atoms with Crippen molar-refractivity contribution in [2.24, 2.45) is 0 Å². The van der Waals surface area contributed by atoms with Crippen molar-refractivity contribution >= 4 is 11.7 Å². The van der Waals surface area contributed by atoms with E-state index in [9.17, 15) is 9.59 Å². The number of Topliss-reactive ketones (excluding diaryl/α,β-unsaturated/α-hetero) is 1. The van der Waals surface area contributed by atoms with Gasteiger partial charge in [0.2, 0.25) is 5.78 Å². The Labute approximate surface area is 88.3 Å². The first-order chi connectivity index (χ1) is 6.63. The number of rotatable bonds is 3. The zero-order valence-corrected chi connectivity index (χ0v) is 10.4. The average Bonchev–Trinajstić information content (AvgIpc) is 2.21. The van der Waals surface area contributed by atoms with Crippen molar-refractivity contribution in [2.45, 2.75) is 53.9 Å². The van der Waals surface area contributed by atoms with Crippen LogP contribution in [0.15, 0.2) is 0 Å². The molecule has 0 aliphatic rings. The van der Waals surface area contributed by atoms with Crippen LogP contribution in [0.25, 0.3) is 0 Å². The van der Waals surface area contributed by atoms with Crippen LogP contribution in [-0.2, 0) is 9.59 Å². The first-order valence-electron chi connectivity index (χ1n) is 5.38. The SMILES string of the molecule is CC.CCC.CCCC(=O)C(=O)NC. The third kappa shape index (κ3) is 17.3. The molecule has 0 aromatic carbocycles. The van der Waals surface area contributed by atoms with Crippen LogP contribution < -0.4 is 5.32 Å². The smallest absolute Gasteiger partial charge is 0.287 e. The number of nitrogens with one attached hydrogen (secondary N) is 1. The first-order valence-corrected chi connectivity index (χ1v) is 5.38. The topological polar surface area (TPSA) is 46.2 Å². The Morgan fingerprint density at radius 2 is 1.43 bits per heavy atom. The minimum atomic E-state index is -0.489. The summed E-state index contributed by atoms with van der Waals surface area (Å²) in [5, 5.41) is 2.26. The lowest BCUT2D eigenvalue weighted by Gasteiger charge is -1.93. The highest BCUT2D eigenvalue weighted by Gasteiger charge is 2.07. The Morgan fingerprint density at radius 1 is 1.07 bits per heavy atom. The molecule has 3 nitrogen and oxygen atoms in total. The number of carbonyl (C=O) groups excluding carboxylic acids is 2. The van der Waals surface area contributed by atoms with Crippen molar-refractivity contribution in [3.63, 3.8) is 0 Å². The lowest BCUT2D eigenvalue weighted by atomic mass is 10.2. The Hall–Kier alpha value is -0.860. The Balaban J connectivity index is -0.000000205. The zero-order chi connectivity index (χ0) is 12.0. The summed E-state index contributed by atoms with van der Waals surface area (Å²) in [6.07, 6.45) is 2.33. The molecule has 0 radical (unpaired) electrons. The van der Waals surface area contributed by atoms with E-state index in [1.165, 1.54) is 13.5 Å². The van der Waals surface area contributed by atoms with Gasteiger partial charge in [0, 0.05) is 13.5 Å². The number of likely N-dealkylation sites (N-methyl/N-ethyl adjacent to an activating group) is 1. The maximum atomic E-state index is 10.6. The van der Waals surface area contributed by atoms with Crippen molar-refractivity contribution < 1.29 is 9.59 Å². The number of hydrogen-bond donors (Lipinski definition) is 1. The molecule has 0 bridgehead atoms. The molecule has 3 heteroatoms. The van der Waals surface area contributed by atoms with Gasteiger partial charge in [-0.15, -0.1) is 0 Å². The van der Waals surface area contributed by atoms with E-state index in [1.807, 2.05) is 20.8 Å². The average molecular weight is 203 g/mol. The van der Waals surface area contributed by atoms with Gasteiger partial charge in [0.25, 0.3) is 5.91 Å². The highest BCUT2D eigenvalue weighted by atomic mass is 16.2. The summed E-state index contributed by atoms with van der Waals surface area (Å²) in [6, 6.07) is 0. The predicted molar refractivity (Wildman–Crippen MR) is 61.3 cm³/mol. The Bertz CT molecular complexity index is 133. The summed E-state index contributed by atoms with van der Waals surface area (Å²) in [5.74, 6) is -0.822. The Kier molecular flexibility index (Phi) is 24.3. The van der Waals surface area contributed by atoms with E-state index in [-0.39, 0.29) is 5.78 Å². The summed E-state index contributed by atoms with van der Waals surface area (Å²) in [5.41, 5.74) is 0. The minimum absolute atomic E-state index is 0.333. The highest BCUT2D eigenvalue weighted by molar-refractivity contribution is 6.36. The fraction of sp³-hybridized carbons (Fsp3) is 0.818. The largest absolute Gasteiger partial charge is 0.353 e. The first kappa shape index (κ1) is 18.8. The zero-order valence-electron chi connectivity index (χ0n) is 10.4. The fourth-order valence-electron chi connectivity index (χ4n) is 0.480. The maximum Gasteiger partial charge on any atom is 0.287 e. The van der Waals surface area contributed by atoms with Crippen molar-refractivity contribution in [3.8, 4) is 0 Å². The van der Waals surface area contributed by atoms with Crippen molar-refractivity contribution in [1.82, 2.24) is 5.32 Å². The van der Waals surface area contributed by atoms with E-state index < -0.39 is 5.91 Å². The normalized spacial score (nSPS) is 7.29. The molecular weight excluding hydrogens is 178 g/mol. The van der Waals surface area contributed by atoms with Crippen LogP contribution in [0.1, 0.15) is 53.9 Å². The molecule has 0 rings (SSSR count). The molecule has 0 heterocycles. The van der Waals surface area contributed by atoms with Gasteiger partial charge in [-0.25, -0.2) is 0 Å². The van der Waals surface area contributed by atoms with Gasteiger partial charge in [-0.3, -0.25) is 9.59 Å². The molecule has 1 amide bonds. The molecule has 0 spiro atoms. The van der Waals surface area contributed by atoms with Crippen molar-refractivity contribution in [1.29, 1.82) is 0 Å². The standard InChI is InChI=1S/C6H11NO2.C3H8.C2H6/c1-3-4-5(8)6(9)7-2;1-3-2;1-2/h3-4H2,1-2H3,(H,7,9);3H2,1-2H3;1-2H3. The van der Waals surface area contributed by atoms with Gasteiger partial charge in [0.15, 0.2) is 0 Å². The second-order valence-electron chi connectivity index (χ2n) is 2.46. The third-order valence-corrected chi connectivity index (χ3v) is 0.957. The predicted octanol–water partition coefficient (Wildman–Crippen LogP) is 2.54. The molecule has 14 heavy (non-hydrogen) atoms. The summed E-state index contributed by atoms with van der Waals surface area (Å²) in [6.45, 7) is 10.1. The third-order valence-electron chi connectivity index (χ3n) is 0.957. The van der Waals surface area contributed by atoms with Crippen LogP contribution in [0, 0.1) is 0 Å². The summed E-state index contributed by atoms with van der Waals surface area (Å²) < 4.78 is 0. The second kappa shape index (κ2) is 18.0. The number of amides is 1. The van der Waals surface area contributed by atoms with E-state index in [1.54, 1.807) is 0 Å². The van der Waals surface area contributed by atoms with Crippen LogP contribution in [0.5, 0.6) is 0 Å². The van der Waals surface area contributed by atoms with Crippen LogP contribution in [0.4, 0.5) is 0 Å². The van der Waals surface area contributed by atoms with E-state index >= 15 is 0 Å². The molecule has 0 fully saturated rings. The van der Waals surface area contributed by atoms with E-state index in [2.05, 4.69) is 19.2 Å². The van der Waals surface area contributed by atoms with Gasteiger partial charge in [-0.1, -0.05) is 41.0 Å². The highest BCUT2D eigenvalue weighted by Crippen LogP contribution is 1.87. The van der Waals surface area contributed by atoms with Gasteiger partial charge in [0.1, 0.15) is 0 Å². The molecule has 0 saturated heterocycles. The second-order valence-corrected chi connectivity index (χ2v) is 2.46. The number of carbonyl (C=O) groups is 2. The number of hydrogen-bond acceptors (Lipinski definition) is 2. The molecule has 0 aromatic rings. The van der Waals surface area contributed by atoms with Gasteiger partial charge in [-0.05, 0) is 6.42 Å². The maximum absolute atomic E-state index is 10.6.